The van der Waals surface area contributed by atoms with Gasteiger partial charge >= 0.3 is 0 Å². The Labute approximate surface area is 206 Å². The Hall–Kier alpha value is -3.36. The van der Waals surface area contributed by atoms with Crippen LogP contribution in [-0.2, 0) is 6.42 Å². The second-order valence-electron chi connectivity index (χ2n) is 7.28. The molecule has 0 aliphatic carbocycles. The second-order valence-corrected chi connectivity index (χ2v) is 8.99. The van der Waals surface area contributed by atoms with Crippen molar-refractivity contribution in [2.45, 2.75) is 6.42 Å². The summed E-state index contributed by atoms with van der Waals surface area (Å²) in [4.78, 5) is 23.1. The van der Waals surface area contributed by atoms with E-state index in [1.165, 1.54) is 0 Å². The van der Waals surface area contributed by atoms with Crippen LogP contribution in [0.2, 0.25) is 0 Å². The van der Waals surface area contributed by atoms with Crippen LogP contribution in [0.3, 0.4) is 0 Å². The Balaban J connectivity index is 1.98. The predicted molar refractivity (Wildman–Crippen MR) is 135 cm³/mol. The van der Waals surface area contributed by atoms with Crippen molar-refractivity contribution in [1.29, 1.82) is 0 Å². The first-order valence-electron chi connectivity index (χ1n) is 9.91. The van der Waals surface area contributed by atoms with E-state index in [1.807, 2.05) is 72.8 Å². The molecule has 164 valence electrons. The molecule has 0 radical (unpaired) electrons. The van der Waals surface area contributed by atoms with Gasteiger partial charge in [-0.25, -0.2) is 0 Å². The molecule has 0 aliphatic rings. The Bertz CT molecular complexity index is 1260. The minimum absolute atomic E-state index is 0.0356. The van der Waals surface area contributed by atoms with E-state index in [-0.39, 0.29) is 17.8 Å². The SMILES string of the molecule is O=[N+]([O-])c1c(Br)ccc(Cc2ccc(Br)c([N+](=O)[O-])c2-c2ccccc2)c1-c1ccccc1. The fraction of sp³-hybridized carbons (Fsp3) is 0.0400. The molecule has 4 aromatic rings. The summed E-state index contributed by atoms with van der Waals surface area (Å²) in [6.45, 7) is 0. The van der Waals surface area contributed by atoms with Crippen LogP contribution in [0.1, 0.15) is 11.1 Å². The number of nitrogens with zero attached hydrogens (tertiary/aromatic N) is 2. The predicted octanol–water partition coefficient (Wildman–Crippen LogP) is 7.95. The van der Waals surface area contributed by atoms with Gasteiger partial charge in [0.25, 0.3) is 11.4 Å². The van der Waals surface area contributed by atoms with Gasteiger partial charge in [0.2, 0.25) is 0 Å². The van der Waals surface area contributed by atoms with Gasteiger partial charge in [0, 0.05) is 0 Å². The molecule has 0 saturated heterocycles. The van der Waals surface area contributed by atoms with E-state index in [9.17, 15) is 20.2 Å². The highest BCUT2D eigenvalue weighted by atomic mass is 79.9. The van der Waals surface area contributed by atoms with Crippen LogP contribution in [0, 0.1) is 20.2 Å². The smallest absolute Gasteiger partial charge is 0.258 e. The topological polar surface area (TPSA) is 86.3 Å². The van der Waals surface area contributed by atoms with Crippen LogP contribution in [0.15, 0.2) is 93.9 Å². The van der Waals surface area contributed by atoms with Crippen molar-refractivity contribution < 1.29 is 9.85 Å². The van der Waals surface area contributed by atoms with Crippen LogP contribution in [0.4, 0.5) is 11.4 Å². The maximum atomic E-state index is 12.0. The molecular formula is C25H16Br2N2O4. The van der Waals surface area contributed by atoms with Crippen LogP contribution in [-0.4, -0.2) is 9.85 Å². The first kappa shape index (κ1) is 22.8. The van der Waals surface area contributed by atoms with Crippen molar-refractivity contribution in [3.8, 4) is 22.3 Å². The molecule has 0 N–H and O–H groups in total. The van der Waals surface area contributed by atoms with E-state index in [0.717, 1.165) is 0 Å². The molecule has 0 unspecified atom stereocenters. The zero-order valence-electron chi connectivity index (χ0n) is 17.1. The van der Waals surface area contributed by atoms with Gasteiger partial charge in [-0.05, 0) is 72.7 Å². The monoisotopic (exact) mass is 566 g/mol. The van der Waals surface area contributed by atoms with E-state index in [1.54, 1.807) is 12.1 Å². The lowest BCUT2D eigenvalue weighted by Crippen LogP contribution is -2.02. The highest BCUT2D eigenvalue weighted by Gasteiger charge is 2.27. The zero-order valence-corrected chi connectivity index (χ0v) is 20.2. The molecule has 0 fully saturated rings. The van der Waals surface area contributed by atoms with Crippen molar-refractivity contribution in [1.82, 2.24) is 0 Å². The molecule has 33 heavy (non-hydrogen) atoms. The molecule has 4 rings (SSSR count). The summed E-state index contributed by atoms with van der Waals surface area (Å²) in [5.41, 5.74) is 3.70. The molecular weight excluding hydrogens is 552 g/mol. The number of benzene rings is 4. The molecule has 0 atom stereocenters. The van der Waals surface area contributed by atoms with E-state index in [0.29, 0.717) is 42.3 Å². The highest BCUT2D eigenvalue weighted by molar-refractivity contribution is 9.11. The molecule has 0 heterocycles. The number of hydrogen-bond acceptors (Lipinski definition) is 4. The molecule has 0 aliphatic heterocycles. The third-order valence-corrected chi connectivity index (χ3v) is 6.58. The summed E-state index contributed by atoms with van der Waals surface area (Å²) in [5, 5.41) is 24.0. The Kier molecular flexibility index (Phi) is 6.67. The highest BCUT2D eigenvalue weighted by Crippen LogP contribution is 2.43. The summed E-state index contributed by atoms with van der Waals surface area (Å²) in [7, 11) is 0. The number of halogens is 2. The molecule has 8 heteroatoms. The van der Waals surface area contributed by atoms with Gasteiger partial charge in [0.15, 0.2) is 0 Å². The van der Waals surface area contributed by atoms with Gasteiger partial charge in [-0.2, -0.15) is 0 Å². The summed E-state index contributed by atoms with van der Waals surface area (Å²) in [6, 6.07) is 25.2. The molecule has 4 aromatic carbocycles. The average Bonchev–Trinajstić information content (AvgIpc) is 2.81. The van der Waals surface area contributed by atoms with Crippen LogP contribution < -0.4 is 0 Å². The molecule has 0 bridgehead atoms. The van der Waals surface area contributed by atoms with E-state index in [2.05, 4.69) is 31.9 Å². The Morgan fingerprint density at radius 3 is 1.27 bits per heavy atom. The van der Waals surface area contributed by atoms with Gasteiger partial charge in [-0.1, -0.05) is 72.8 Å². The number of rotatable bonds is 6. The fourth-order valence-corrected chi connectivity index (χ4v) is 4.88. The minimum Gasteiger partial charge on any atom is -0.258 e. The number of nitro benzene ring substituents is 2. The third kappa shape index (κ3) is 4.58. The summed E-state index contributed by atoms with van der Waals surface area (Å²) >= 11 is 6.64. The van der Waals surface area contributed by atoms with E-state index >= 15 is 0 Å². The Morgan fingerprint density at radius 1 is 0.576 bits per heavy atom. The fourth-order valence-electron chi connectivity index (χ4n) is 3.93. The molecule has 0 amide bonds. The minimum atomic E-state index is -0.405. The maximum Gasteiger partial charge on any atom is 0.291 e. The van der Waals surface area contributed by atoms with Crippen LogP contribution >= 0.6 is 31.9 Å². The summed E-state index contributed by atoms with van der Waals surface area (Å²) in [5.74, 6) is 0. The lowest BCUT2D eigenvalue weighted by Gasteiger charge is -2.15. The number of hydrogen-bond donors (Lipinski definition) is 0. The first-order valence-corrected chi connectivity index (χ1v) is 11.5. The van der Waals surface area contributed by atoms with Crippen molar-refractivity contribution in [2.24, 2.45) is 0 Å². The van der Waals surface area contributed by atoms with Crippen molar-refractivity contribution in [2.75, 3.05) is 0 Å². The van der Waals surface area contributed by atoms with Gasteiger partial charge < -0.3 is 0 Å². The van der Waals surface area contributed by atoms with E-state index < -0.39 is 9.85 Å². The zero-order chi connectivity index (χ0) is 23.5. The quantitative estimate of drug-likeness (QED) is 0.175. The Morgan fingerprint density at radius 2 is 0.939 bits per heavy atom. The third-order valence-electron chi connectivity index (χ3n) is 5.30. The average molecular weight is 568 g/mol. The van der Waals surface area contributed by atoms with Gasteiger partial charge in [0.1, 0.15) is 0 Å². The normalized spacial score (nSPS) is 10.7. The van der Waals surface area contributed by atoms with Gasteiger partial charge in [0.05, 0.1) is 29.9 Å². The largest absolute Gasteiger partial charge is 0.291 e. The molecule has 0 aromatic heterocycles. The second kappa shape index (κ2) is 9.64. The van der Waals surface area contributed by atoms with Crippen LogP contribution in [0.25, 0.3) is 22.3 Å². The lowest BCUT2D eigenvalue weighted by atomic mass is 9.89. The van der Waals surface area contributed by atoms with Crippen molar-refractivity contribution in [3.63, 3.8) is 0 Å². The molecule has 0 spiro atoms. The molecule has 6 nitrogen and oxygen atoms in total. The van der Waals surface area contributed by atoms with Gasteiger partial charge in [-0.15, -0.1) is 0 Å². The number of nitro groups is 2. The maximum absolute atomic E-state index is 12.0. The van der Waals surface area contributed by atoms with Gasteiger partial charge in [-0.3, -0.25) is 20.2 Å². The first-order chi connectivity index (χ1) is 15.9. The van der Waals surface area contributed by atoms with Crippen molar-refractivity contribution in [3.05, 3.63) is 125 Å². The van der Waals surface area contributed by atoms with Crippen molar-refractivity contribution >= 4 is 43.2 Å². The lowest BCUT2D eigenvalue weighted by molar-refractivity contribution is -0.385. The summed E-state index contributed by atoms with van der Waals surface area (Å²) < 4.78 is 0.750. The summed E-state index contributed by atoms with van der Waals surface area (Å²) in [6.07, 6.45) is 0.274. The standard InChI is InChI=1S/C25H16Br2N2O4/c26-20-13-11-18(22(24(20)28(30)31)16-7-3-1-4-8-16)15-19-12-14-21(27)25(29(32)33)23(19)17-9-5-2-6-10-17/h1-14H,15H2. The van der Waals surface area contributed by atoms with Crippen LogP contribution in [0.5, 0.6) is 0 Å². The van der Waals surface area contributed by atoms with E-state index in [4.69, 9.17) is 0 Å². The molecule has 0 saturated carbocycles.